The summed E-state index contributed by atoms with van der Waals surface area (Å²) in [6.45, 7) is 3.33. The van der Waals surface area contributed by atoms with Crippen LogP contribution in [0.15, 0.2) is 29.5 Å². The van der Waals surface area contributed by atoms with Crippen LogP contribution in [0.1, 0.15) is 18.9 Å². The highest BCUT2D eigenvalue weighted by Gasteiger charge is 2.22. The van der Waals surface area contributed by atoms with Gasteiger partial charge in [-0.2, -0.15) is 0 Å². The minimum absolute atomic E-state index is 0.153. The molecule has 1 amide bonds. The third-order valence-electron chi connectivity index (χ3n) is 2.50. The molecule has 4 nitrogen and oxygen atoms in total. The molecule has 0 saturated heterocycles. The Bertz CT molecular complexity index is 419. The molecular formula is C12H15N3OS. The number of aliphatic imine (C=N–C) groups is 1. The highest BCUT2D eigenvalue weighted by Crippen LogP contribution is 2.19. The molecule has 5 heteroatoms. The molecule has 0 radical (unpaired) electrons. The zero-order valence-corrected chi connectivity index (χ0v) is 10.6. The minimum Gasteiger partial charge on any atom is -0.290 e. The number of rotatable bonds is 3. The first kappa shape index (κ1) is 12.1. The lowest BCUT2D eigenvalue weighted by Gasteiger charge is -2.16. The Balaban J connectivity index is 1.93. The largest absolute Gasteiger partial charge is 0.290 e. The maximum atomic E-state index is 11.7. The summed E-state index contributed by atoms with van der Waals surface area (Å²) < 4.78 is 0. The van der Waals surface area contributed by atoms with Gasteiger partial charge in [0.05, 0.1) is 6.54 Å². The van der Waals surface area contributed by atoms with Crippen LogP contribution in [0.3, 0.4) is 0 Å². The molecule has 2 heterocycles. The molecule has 0 spiro atoms. The van der Waals surface area contributed by atoms with E-state index in [-0.39, 0.29) is 5.91 Å². The maximum absolute atomic E-state index is 11.7. The summed E-state index contributed by atoms with van der Waals surface area (Å²) >= 11 is 1.60. The molecule has 0 aromatic carbocycles. The second kappa shape index (κ2) is 5.82. The van der Waals surface area contributed by atoms with E-state index < -0.39 is 0 Å². The van der Waals surface area contributed by atoms with Crippen LogP contribution < -0.4 is 0 Å². The lowest BCUT2D eigenvalue weighted by Crippen LogP contribution is -2.32. The van der Waals surface area contributed by atoms with Crippen LogP contribution in [-0.2, 0) is 10.5 Å². The highest BCUT2D eigenvalue weighted by atomic mass is 32.2. The Kier molecular flexibility index (Phi) is 4.14. The average molecular weight is 249 g/mol. The predicted octanol–water partition coefficient (Wildman–Crippen LogP) is 1.92. The van der Waals surface area contributed by atoms with E-state index in [1.54, 1.807) is 22.9 Å². The summed E-state index contributed by atoms with van der Waals surface area (Å²) in [6, 6.07) is 3.95. The number of amidine groups is 1. The fourth-order valence-electron chi connectivity index (χ4n) is 1.60. The minimum atomic E-state index is 0.153. The molecule has 17 heavy (non-hydrogen) atoms. The van der Waals surface area contributed by atoms with Crippen molar-refractivity contribution in [1.29, 1.82) is 0 Å². The first-order chi connectivity index (χ1) is 8.31. The summed E-state index contributed by atoms with van der Waals surface area (Å²) in [5.74, 6) is 0.958. The van der Waals surface area contributed by atoms with Crippen LogP contribution in [0, 0.1) is 0 Å². The van der Waals surface area contributed by atoms with Gasteiger partial charge in [-0.05, 0) is 11.6 Å². The Hall–Kier alpha value is -1.36. The van der Waals surface area contributed by atoms with Gasteiger partial charge in [-0.15, -0.1) is 0 Å². The van der Waals surface area contributed by atoms with E-state index >= 15 is 0 Å². The van der Waals surface area contributed by atoms with Crippen LogP contribution in [0.4, 0.5) is 0 Å². The van der Waals surface area contributed by atoms with Crippen molar-refractivity contribution in [1.82, 2.24) is 9.88 Å². The van der Waals surface area contributed by atoms with Crippen molar-refractivity contribution in [3.63, 3.8) is 0 Å². The fraction of sp³-hybridized carbons (Fsp3) is 0.417. The van der Waals surface area contributed by atoms with E-state index in [9.17, 15) is 4.79 Å². The van der Waals surface area contributed by atoms with Gasteiger partial charge in [0.1, 0.15) is 0 Å². The van der Waals surface area contributed by atoms with Crippen LogP contribution in [0.2, 0.25) is 0 Å². The topological polar surface area (TPSA) is 45.6 Å². The van der Waals surface area contributed by atoms with E-state index in [0.717, 1.165) is 29.6 Å². The summed E-state index contributed by atoms with van der Waals surface area (Å²) in [5, 5.41) is 0.848. The summed E-state index contributed by atoms with van der Waals surface area (Å²) in [5.41, 5.74) is 1.15. The maximum Gasteiger partial charge on any atom is 0.228 e. The van der Waals surface area contributed by atoms with Crippen molar-refractivity contribution in [3.8, 4) is 0 Å². The Morgan fingerprint density at radius 2 is 2.47 bits per heavy atom. The normalized spacial score (nSPS) is 14.9. The molecule has 90 valence electrons. The number of carbonyl (C=O) groups excluding carboxylic acids is 1. The van der Waals surface area contributed by atoms with E-state index in [1.807, 2.05) is 25.3 Å². The lowest BCUT2D eigenvalue weighted by molar-refractivity contribution is -0.126. The molecular weight excluding hydrogens is 234 g/mol. The van der Waals surface area contributed by atoms with Crippen molar-refractivity contribution in [2.75, 3.05) is 13.1 Å². The summed E-state index contributed by atoms with van der Waals surface area (Å²) in [6.07, 6.45) is 4.13. The Morgan fingerprint density at radius 1 is 1.59 bits per heavy atom. The van der Waals surface area contributed by atoms with Gasteiger partial charge in [0, 0.05) is 31.1 Å². The SMILES string of the molecule is CCC(=O)N1CCN=C1SCc1cccnc1. The zero-order chi connectivity index (χ0) is 12.1. The Morgan fingerprint density at radius 3 is 3.18 bits per heavy atom. The number of hydrogen-bond acceptors (Lipinski definition) is 4. The van der Waals surface area contributed by atoms with Crippen molar-refractivity contribution < 1.29 is 4.79 Å². The first-order valence-corrected chi connectivity index (χ1v) is 6.66. The van der Waals surface area contributed by atoms with Crippen molar-refractivity contribution in [3.05, 3.63) is 30.1 Å². The van der Waals surface area contributed by atoms with Crippen molar-refractivity contribution >= 4 is 22.8 Å². The van der Waals surface area contributed by atoms with Gasteiger partial charge in [-0.25, -0.2) is 0 Å². The number of pyridine rings is 1. The van der Waals surface area contributed by atoms with Crippen LogP contribution in [0.25, 0.3) is 0 Å². The molecule has 0 aliphatic carbocycles. The van der Waals surface area contributed by atoms with Crippen molar-refractivity contribution in [2.24, 2.45) is 4.99 Å². The smallest absolute Gasteiger partial charge is 0.228 e. The number of thioether (sulfide) groups is 1. The van der Waals surface area contributed by atoms with E-state index in [4.69, 9.17) is 0 Å². The molecule has 1 aliphatic rings. The van der Waals surface area contributed by atoms with Crippen LogP contribution in [0.5, 0.6) is 0 Å². The number of nitrogens with zero attached hydrogens (tertiary/aromatic N) is 3. The van der Waals surface area contributed by atoms with E-state index in [0.29, 0.717) is 6.42 Å². The van der Waals surface area contributed by atoms with E-state index in [1.165, 1.54) is 0 Å². The molecule has 0 N–H and O–H groups in total. The van der Waals surface area contributed by atoms with Gasteiger partial charge < -0.3 is 0 Å². The zero-order valence-electron chi connectivity index (χ0n) is 9.80. The third-order valence-corrected chi connectivity index (χ3v) is 3.58. The van der Waals surface area contributed by atoms with Gasteiger partial charge >= 0.3 is 0 Å². The fourth-order valence-corrected chi connectivity index (χ4v) is 2.60. The lowest BCUT2D eigenvalue weighted by atomic mass is 10.3. The molecule has 2 rings (SSSR count). The van der Waals surface area contributed by atoms with Gasteiger partial charge in [0.15, 0.2) is 5.17 Å². The molecule has 0 fully saturated rings. The number of aromatic nitrogens is 1. The average Bonchev–Trinajstić information content (AvgIpc) is 2.85. The molecule has 1 aromatic heterocycles. The quantitative estimate of drug-likeness (QED) is 0.822. The molecule has 0 saturated carbocycles. The van der Waals surface area contributed by atoms with Gasteiger partial charge in [-0.1, -0.05) is 24.8 Å². The highest BCUT2D eigenvalue weighted by molar-refractivity contribution is 8.13. The van der Waals surface area contributed by atoms with Crippen molar-refractivity contribution in [2.45, 2.75) is 19.1 Å². The molecule has 0 unspecified atom stereocenters. The van der Waals surface area contributed by atoms with Crippen LogP contribution in [-0.4, -0.2) is 34.0 Å². The third kappa shape index (κ3) is 3.06. The molecule has 1 aromatic rings. The number of amides is 1. The predicted molar refractivity (Wildman–Crippen MR) is 69.8 cm³/mol. The van der Waals surface area contributed by atoms with E-state index in [2.05, 4.69) is 9.98 Å². The second-order valence-corrected chi connectivity index (χ2v) is 4.66. The Labute approximate surface area is 105 Å². The number of carbonyl (C=O) groups is 1. The van der Waals surface area contributed by atoms with Crippen LogP contribution >= 0.6 is 11.8 Å². The number of hydrogen-bond donors (Lipinski definition) is 0. The molecule has 0 bridgehead atoms. The standard InChI is InChI=1S/C12H15N3OS/c1-2-11(16)15-7-6-14-12(15)17-9-10-4-3-5-13-8-10/h3-5,8H,2,6-7,9H2,1H3. The second-order valence-electron chi connectivity index (χ2n) is 3.71. The molecule has 1 aliphatic heterocycles. The van der Waals surface area contributed by atoms with Gasteiger partial charge in [0.25, 0.3) is 0 Å². The summed E-state index contributed by atoms with van der Waals surface area (Å²) in [7, 11) is 0. The monoisotopic (exact) mass is 249 g/mol. The summed E-state index contributed by atoms with van der Waals surface area (Å²) in [4.78, 5) is 21.9. The first-order valence-electron chi connectivity index (χ1n) is 5.67. The van der Waals surface area contributed by atoms with Gasteiger partial charge in [0.2, 0.25) is 5.91 Å². The molecule has 0 atom stereocenters. The van der Waals surface area contributed by atoms with Gasteiger partial charge in [-0.3, -0.25) is 19.7 Å².